The van der Waals surface area contributed by atoms with Gasteiger partial charge in [-0.15, -0.1) is 0 Å². The first-order valence-corrected chi connectivity index (χ1v) is 7.63. The van der Waals surface area contributed by atoms with Crippen molar-refractivity contribution in [3.05, 3.63) is 41.3 Å². The molecule has 0 saturated carbocycles. The number of hydrogen-bond donors (Lipinski definition) is 2. The Morgan fingerprint density at radius 3 is 2.95 bits per heavy atom. The van der Waals surface area contributed by atoms with Gasteiger partial charge in [0, 0.05) is 12.5 Å². The van der Waals surface area contributed by atoms with Crippen molar-refractivity contribution in [2.45, 2.75) is 38.5 Å². The van der Waals surface area contributed by atoms with Gasteiger partial charge in [0.2, 0.25) is 0 Å². The molecule has 3 rings (SSSR count). The van der Waals surface area contributed by atoms with Gasteiger partial charge in [-0.2, -0.15) is 0 Å². The van der Waals surface area contributed by atoms with Crippen LogP contribution in [0.15, 0.2) is 24.4 Å². The van der Waals surface area contributed by atoms with Gasteiger partial charge < -0.3 is 10.3 Å². The number of rotatable bonds is 5. The molecule has 20 heavy (non-hydrogen) atoms. The number of fused-ring (bicyclic) bond motifs is 1. The van der Waals surface area contributed by atoms with Crippen molar-refractivity contribution in [1.82, 2.24) is 15.3 Å². The molecule has 1 aromatic carbocycles. The summed E-state index contributed by atoms with van der Waals surface area (Å²) in [6, 6.07) is 6.84. The van der Waals surface area contributed by atoms with E-state index in [1.54, 1.807) is 0 Å². The highest BCUT2D eigenvalue weighted by Gasteiger charge is 2.15. The van der Waals surface area contributed by atoms with E-state index in [0.717, 1.165) is 24.5 Å². The van der Waals surface area contributed by atoms with Gasteiger partial charge in [-0.1, -0.05) is 19.1 Å². The second-order valence-corrected chi connectivity index (χ2v) is 5.68. The molecule has 0 fully saturated rings. The van der Waals surface area contributed by atoms with Crippen molar-refractivity contribution >= 4 is 0 Å². The lowest BCUT2D eigenvalue weighted by Gasteiger charge is -2.11. The molecule has 0 amide bonds. The van der Waals surface area contributed by atoms with Crippen LogP contribution in [-0.4, -0.2) is 23.6 Å². The standard InChI is InChI=1S/C17H23N3/c1-3-12(10-18-2)17-19-11-16(20-17)15-8-7-13-5-4-6-14(13)9-15/h7-9,11-12,18H,3-6,10H2,1-2H3,(H,19,20). The van der Waals surface area contributed by atoms with E-state index in [0.29, 0.717) is 5.92 Å². The third-order valence-electron chi connectivity index (χ3n) is 4.33. The second-order valence-electron chi connectivity index (χ2n) is 5.68. The summed E-state index contributed by atoms with van der Waals surface area (Å²) in [7, 11) is 1.99. The molecule has 2 aromatic rings. The monoisotopic (exact) mass is 269 g/mol. The van der Waals surface area contributed by atoms with Gasteiger partial charge in [0.1, 0.15) is 5.82 Å². The predicted molar refractivity (Wildman–Crippen MR) is 83.0 cm³/mol. The van der Waals surface area contributed by atoms with E-state index in [-0.39, 0.29) is 0 Å². The molecular formula is C17H23N3. The lowest BCUT2D eigenvalue weighted by atomic mass is 10.0. The maximum atomic E-state index is 4.58. The minimum Gasteiger partial charge on any atom is -0.342 e. The number of likely N-dealkylation sites (N-methyl/N-ethyl adjacent to an activating group) is 1. The van der Waals surface area contributed by atoms with Gasteiger partial charge in [0.25, 0.3) is 0 Å². The predicted octanol–water partition coefficient (Wildman–Crippen LogP) is 3.28. The molecule has 1 unspecified atom stereocenters. The topological polar surface area (TPSA) is 40.7 Å². The van der Waals surface area contributed by atoms with Gasteiger partial charge >= 0.3 is 0 Å². The molecule has 1 atom stereocenters. The Kier molecular flexibility index (Phi) is 3.88. The Morgan fingerprint density at radius 1 is 1.30 bits per heavy atom. The largest absolute Gasteiger partial charge is 0.342 e. The first kappa shape index (κ1) is 13.4. The first-order valence-electron chi connectivity index (χ1n) is 7.63. The lowest BCUT2D eigenvalue weighted by molar-refractivity contribution is 0.586. The number of nitrogens with one attached hydrogen (secondary N) is 2. The molecule has 1 aliphatic carbocycles. The summed E-state index contributed by atoms with van der Waals surface area (Å²) >= 11 is 0. The highest BCUT2D eigenvalue weighted by atomic mass is 14.9. The van der Waals surface area contributed by atoms with Crippen molar-refractivity contribution in [1.29, 1.82) is 0 Å². The number of aryl methyl sites for hydroxylation is 2. The first-order chi connectivity index (χ1) is 9.81. The summed E-state index contributed by atoms with van der Waals surface area (Å²) in [5, 5.41) is 3.24. The van der Waals surface area contributed by atoms with E-state index in [1.807, 2.05) is 13.2 Å². The molecule has 2 N–H and O–H groups in total. The molecule has 0 radical (unpaired) electrons. The Balaban J connectivity index is 1.86. The second kappa shape index (κ2) is 5.80. The summed E-state index contributed by atoms with van der Waals surface area (Å²) in [6.07, 6.45) is 6.83. The zero-order chi connectivity index (χ0) is 13.9. The van der Waals surface area contributed by atoms with E-state index < -0.39 is 0 Å². The van der Waals surface area contributed by atoms with Crippen molar-refractivity contribution < 1.29 is 0 Å². The highest BCUT2D eigenvalue weighted by Crippen LogP contribution is 2.28. The van der Waals surface area contributed by atoms with Crippen LogP contribution in [0.1, 0.15) is 42.6 Å². The van der Waals surface area contributed by atoms with E-state index in [4.69, 9.17) is 0 Å². The summed E-state index contributed by atoms with van der Waals surface area (Å²) in [5.74, 6) is 1.56. The van der Waals surface area contributed by atoms with Crippen LogP contribution in [-0.2, 0) is 12.8 Å². The van der Waals surface area contributed by atoms with E-state index in [2.05, 4.69) is 40.4 Å². The zero-order valence-corrected chi connectivity index (χ0v) is 12.4. The fourth-order valence-electron chi connectivity index (χ4n) is 3.11. The van der Waals surface area contributed by atoms with Crippen LogP contribution in [0, 0.1) is 0 Å². The van der Waals surface area contributed by atoms with Gasteiger partial charge in [-0.3, -0.25) is 0 Å². The maximum absolute atomic E-state index is 4.58. The van der Waals surface area contributed by atoms with Crippen LogP contribution < -0.4 is 5.32 Å². The van der Waals surface area contributed by atoms with Gasteiger partial charge in [0.05, 0.1) is 11.9 Å². The summed E-state index contributed by atoms with van der Waals surface area (Å²) in [4.78, 5) is 8.09. The van der Waals surface area contributed by atoms with Crippen LogP contribution in [0.2, 0.25) is 0 Å². The SMILES string of the molecule is CCC(CNC)c1ncc(-c2ccc3c(c2)CCC3)[nH]1. The molecular weight excluding hydrogens is 246 g/mol. The number of aromatic amines is 1. The third-order valence-corrected chi connectivity index (χ3v) is 4.33. The van der Waals surface area contributed by atoms with Gasteiger partial charge in [0.15, 0.2) is 0 Å². The Bertz CT molecular complexity index is 586. The van der Waals surface area contributed by atoms with Crippen LogP contribution in [0.5, 0.6) is 0 Å². The van der Waals surface area contributed by atoms with Crippen LogP contribution in [0.4, 0.5) is 0 Å². The van der Waals surface area contributed by atoms with E-state index >= 15 is 0 Å². The number of aromatic nitrogens is 2. The molecule has 106 valence electrons. The number of benzene rings is 1. The van der Waals surface area contributed by atoms with E-state index in [1.165, 1.54) is 36.0 Å². The zero-order valence-electron chi connectivity index (χ0n) is 12.4. The smallest absolute Gasteiger partial charge is 0.110 e. The molecule has 0 aliphatic heterocycles. The molecule has 1 heterocycles. The average molecular weight is 269 g/mol. The van der Waals surface area contributed by atoms with Crippen molar-refractivity contribution in [2.24, 2.45) is 0 Å². The summed E-state index contributed by atoms with van der Waals surface area (Å²) in [5.41, 5.74) is 5.45. The van der Waals surface area contributed by atoms with Crippen LogP contribution >= 0.6 is 0 Å². The van der Waals surface area contributed by atoms with E-state index in [9.17, 15) is 0 Å². The highest BCUT2D eigenvalue weighted by molar-refractivity contribution is 5.61. The average Bonchev–Trinajstić information content (AvgIpc) is 3.12. The van der Waals surface area contributed by atoms with Crippen molar-refractivity contribution in [2.75, 3.05) is 13.6 Å². The normalized spacial score (nSPS) is 15.3. The van der Waals surface area contributed by atoms with Crippen molar-refractivity contribution in [3.63, 3.8) is 0 Å². The number of hydrogen-bond acceptors (Lipinski definition) is 2. The van der Waals surface area contributed by atoms with Crippen molar-refractivity contribution in [3.8, 4) is 11.3 Å². The summed E-state index contributed by atoms with van der Waals surface area (Å²) in [6.45, 7) is 3.17. The Labute approximate surface area is 120 Å². The number of H-pyrrole nitrogens is 1. The summed E-state index contributed by atoms with van der Waals surface area (Å²) < 4.78 is 0. The number of nitrogens with zero attached hydrogens (tertiary/aromatic N) is 1. The van der Waals surface area contributed by atoms with Crippen LogP contribution in [0.3, 0.4) is 0 Å². The molecule has 3 heteroatoms. The lowest BCUT2D eigenvalue weighted by Crippen LogP contribution is -2.17. The Hall–Kier alpha value is -1.61. The molecule has 0 spiro atoms. The minimum absolute atomic E-state index is 0.461. The van der Waals surface area contributed by atoms with Gasteiger partial charge in [-0.25, -0.2) is 4.98 Å². The fourth-order valence-corrected chi connectivity index (χ4v) is 3.11. The molecule has 0 saturated heterocycles. The molecule has 0 bridgehead atoms. The quantitative estimate of drug-likeness (QED) is 0.874. The minimum atomic E-state index is 0.461. The van der Waals surface area contributed by atoms with Crippen LogP contribution in [0.25, 0.3) is 11.3 Å². The Morgan fingerprint density at radius 2 is 2.15 bits per heavy atom. The molecule has 1 aliphatic rings. The molecule has 1 aromatic heterocycles. The molecule has 3 nitrogen and oxygen atoms in total. The maximum Gasteiger partial charge on any atom is 0.110 e. The third kappa shape index (κ3) is 2.50. The number of imidazole rings is 1. The fraction of sp³-hybridized carbons (Fsp3) is 0.471. The van der Waals surface area contributed by atoms with Gasteiger partial charge in [-0.05, 0) is 55.5 Å².